The van der Waals surface area contributed by atoms with Crippen LogP contribution in [0.15, 0.2) is 73.2 Å². The zero-order valence-corrected chi connectivity index (χ0v) is 15.2. The summed E-state index contributed by atoms with van der Waals surface area (Å²) in [6.07, 6.45) is 4.15. The summed E-state index contributed by atoms with van der Waals surface area (Å²) in [5.41, 5.74) is 2.71. The number of benzene rings is 2. The SMILES string of the molecule is CN(C)C(CNC(=O)c1cncn1-c1ccccc1)Cc1ccccc1. The topological polar surface area (TPSA) is 50.2 Å². The number of aromatic nitrogens is 2. The van der Waals surface area contributed by atoms with Gasteiger partial charge in [0.15, 0.2) is 0 Å². The van der Waals surface area contributed by atoms with Crippen molar-refractivity contribution >= 4 is 5.91 Å². The van der Waals surface area contributed by atoms with Gasteiger partial charge in [-0.1, -0.05) is 48.5 Å². The average Bonchev–Trinajstić information content (AvgIpc) is 3.16. The van der Waals surface area contributed by atoms with Gasteiger partial charge < -0.3 is 10.2 Å². The van der Waals surface area contributed by atoms with Gasteiger partial charge in [-0.25, -0.2) is 4.98 Å². The molecule has 1 N–H and O–H groups in total. The molecule has 5 nitrogen and oxygen atoms in total. The van der Waals surface area contributed by atoms with Crippen molar-refractivity contribution in [2.45, 2.75) is 12.5 Å². The number of amides is 1. The monoisotopic (exact) mass is 348 g/mol. The third kappa shape index (κ3) is 4.37. The summed E-state index contributed by atoms with van der Waals surface area (Å²) in [5, 5.41) is 3.06. The highest BCUT2D eigenvalue weighted by molar-refractivity contribution is 5.93. The molecule has 3 aromatic rings. The van der Waals surface area contributed by atoms with Gasteiger partial charge in [-0.2, -0.15) is 0 Å². The average molecular weight is 348 g/mol. The molecule has 0 aliphatic rings. The van der Waals surface area contributed by atoms with E-state index in [1.54, 1.807) is 17.1 Å². The van der Waals surface area contributed by atoms with Crippen LogP contribution in [0.4, 0.5) is 0 Å². The largest absolute Gasteiger partial charge is 0.349 e. The number of nitrogens with zero attached hydrogens (tertiary/aromatic N) is 3. The number of rotatable bonds is 7. The Labute approximate surface area is 154 Å². The van der Waals surface area contributed by atoms with Crippen molar-refractivity contribution in [3.63, 3.8) is 0 Å². The van der Waals surface area contributed by atoms with Crippen LogP contribution in [-0.4, -0.2) is 47.0 Å². The first-order chi connectivity index (χ1) is 12.6. The maximum atomic E-state index is 12.7. The van der Waals surface area contributed by atoms with Gasteiger partial charge in [0.1, 0.15) is 5.69 Å². The number of carbonyl (C=O) groups is 1. The van der Waals surface area contributed by atoms with Gasteiger partial charge in [-0.05, 0) is 38.2 Å². The lowest BCUT2D eigenvalue weighted by atomic mass is 10.1. The highest BCUT2D eigenvalue weighted by Gasteiger charge is 2.17. The standard InChI is InChI=1S/C21H24N4O/c1-24(2)19(13-17-9-5-3-6-10-17)14-23-21(26)20-15-22-16-25(20)18-11-7-4-8-12-18/h3-12,15-16,19H,13-14H2,1-2H3,(H,23,26). The molecule has 0 radical (unpaired) electrons. The number of nitrogens with one attached hydrogen (secondary N) is 1. The van der Waals surface area contributed by atoms with Crippen LogP contribution in [0.5, 0.6) is 0 Å². The van der Waals surface area contributed by atoms with Crippen molar-refractivity contribution in [2.24, 2.45) is 0 Å². The first-order valence-electron chi connectivity index (χ1n) is 8.71. The van der Waals surface area contributed by atoms with E-state index in [1.165, 1.54) is 5.56 Å². The molecular formula is C21H24N4O. The fourth-order valence-corrected chi connectivity index (χ4v) is 2.88. The van der Waals surface area contributed by atoms with E-state index in [-0.39, 0.29) is 11.9 Å². The molecule has 0 saturated carbocycles. The highest BCUT2D eigenvalue weighted by atomic mass is 16.2. The third-order valence-electron chi connectivity index (χ3n) is 4.45. The molecule has 134 valence electrons. The summed E-state index contributed by atoms with van der Waals surface area (Å²) < 4.78 is 1.80. The van der Waals surface area contributed by atoms with E-state index < -0.39 is 0 Å². The van der Waals surface area contributed by atoms with Crippen LogP contribution in [0, 0.1) is 0 Å². The molecule has 1 aromatic heterocycles. The van der Waals surface area contributed by atoms with Gasteiger partial charge in [0, 0.05) is 18.3 Å². The maximum absolute atomic E-state index is 12.7. The molecule has 1 amide bonds. The van der Waals surface area contributed by atoms with Crippen molar-refractivity contribution < 1.29 is 4.79 Å². The fourth-order valence-electron chi connectivity index (χ4n) is 2.88. The second-order valence-electron chi connectivity index (χ2n) is 6.50. The number of carbonyl (C=O) groups excluding carboxylic acids is 1. The van der Waals surface area contributed by atoms with E-state index >= 15 is 0 Å². The lowest BCUT2D eigenvalue weighted by molar-refractivity contribution is 0.0935. The summed E-state index contributed by atoms with van der Waals surface area (Å²) in [4.78, 5) is 19.0. The lowest BCUT2D eigenvalue weighted by Gasteiger charge is -2.25. The maximum Gasteiger partial charge on any atom is 0.269 e. The Morgan fingerprint density at radius 1 is 1.08 bits per heavy atom. The molecule has 26 heavy (non-hydrogen) atoms. The molecule has 0 aliphatic carbocycles. The number of likely N-dealkylation sites (N-methyl/N-ethyl adjacent to an activating group) is 1. The second-order valence-corrected chi connectivity index (χ2v) is 6.50. The predicted octanol–water partition coefficient (Wildman–Crippen LogP) is 2.78. The van der Waals surface area contributed by atoms with Gasteiger partial charge in [0.25, 0.3) is 5.91 Å². The molecule has 1 unspecified atom stereocenters. The van der Waals surface area contributed by atoms with E-state index in [0.717, 1.165) is 12.1 Å². The van der Waals surface area contributed by atoms with Crippen LogP contribution in [0.3, 0.4) is 0 Å². The molecule has 5 heteroatoms. The van der Waals surface area contributed by atoms with Crippen molar-refractivity contribution in [3.05, 3.63) is 84.4 Å². The third-order valence-corrected chi connectivity index (χ3v) is 4.45. The Kier molecular flexibility index (Phi) is 5.81. The van der Waals surface area contributed by atoms with Crippen LogP contribution >= 0.6 is 0 Å². The summed E-state index contributed by atoms with van der Waals surface area (Å²) in [6.45, 7) is 0.570. The van der Waals surface area contributed by atoms with Crippen LogP contribution < -0.4 is 5.32 Å². The number of hydrogen-bond acceptors (Lipinski definition) is 3. The summed E-state index contributed by atoms with van der Waals surface area (Å²) in [7, 11) is 4.07. The van der Waals surface area contributed by atoms with Crippen LogP contribution in [0.1, 0.15) is 16.1 Å². The minimum Gasteiger partial charge on any atom is -0.349 e. The molecule has 1 atom stereocenters. The van der Waals surface area contributed by atoms with E-state index in [4.69, 9.17) is 0 Å². The molecule has 3 rings (SSSR count). The van der Waals surface area contributed by atoms with E-state index in [9.17, 15) is 4.79 Å². The van der Waals surface area contributed by atoms with Gasteiger partial charge in [0.05, 0.1) is 12.5 Å². The van der Waals surface area contributed by atoms with E-state index in [1.807, 2.05) is 62.6 Å². The second kappa shape index (κ2) is 8.45. The number of imidazole rings is 1. The van der Waals surface area contributed by atoms with E-state index in [2.05, 4.69) is 27.3 Å². The number of para-hydroxylation sites is 1. The molecule has 0 fully saturated rings. The molecular weight excluding hydrogens is 324 g/mol. The minimum atomic E-state index is -0.119. The molecule has 2 aromatic carbocycles. The lowest BCUT2D eigenvalue weighted by Crippen LogP contribution is -2.42. The van der Waals surface area contributed by atoms with Gasteiger partial charge in [0.2, 0.25) is 0 Å². The Morgan fingerprint density at radius 3 is 2.38 bits per heavy atom. The molecule has 1 heterocycles. The molecule has 0 bridgehead atoms. The molecule has 0 aliphatic heterocycles. The normalized spacial score (nSPS) is 12.1. The first-order valence-corrected chi connectivity index (χ1v) is 8.71. The van der Waals surface area contributed by atoms with Gasteiger partial charge >= 0.3 is 0 Å². The van der Waals surface area contributed by atoms with Crippen LogP contribution in [0.25, 0.3) is 5.69 Å². The zero-order chi connectivity index (χ0) is 18.4. The Hall–Kier alpha value is -2.92. The summed E-state index contributed by atoms with van der Waals surface area (Å²) in [5.74, 6) is -0.119. The number of hydrogen-bond donors (Lipinski definition) is 1. The van der Waals surface area contributed by atoms with Crippen molar-refractivity contribution in [1.29, 1.82) is 0 Å². The first kappa shape index (κ1) is 17.9. The predicted molar refractivity (Wildman–Crippen MR) is 104 cm³/mol. The van der Waals surface area contributed by atoms with Gasteiger partial charge in [-0.15, -0.1) is 0 Å². The van der Waals surface area contributed by atoms with Crippen LogP contribution in [0.2, 0.25) is 0 Å². The van der Waals surface area contributed by atoms with Crippen molar-refractivity contribution in [2.75, 3.05) is 20.6 Å². The Morgan fingerprint density at radius 2 is 1.73 bits per heavy atom. The van der Waals surface area contributed by atoms with E-state index in [0.29, 0.717) is 12.2 Å². The van der Waals surface area contributed by atoms with Crippen LogP contribution in [-0.2, 0) is 6.42 Å². The summed E-state index contributed by atoms with van der Waals surface area (Å²) in [6, 6.07) is 20.3. The molecule has 0 spiro atoms. The van der Waals surface area contributed by atoms with Crippen molar-refractivity contribution in [1.82, 2.24) is 19.8 Å². The minimum absolute atomic E-state index is 0.119. The summed E-state index contributed by atoms with van der Waals surface area (Å²) >= 11 is 0. The molecule has 0 saturated heterocycles. The highest BCUT2D eigenvalue weighted by Crippen LogP contribution is 2.11. The zero-order valence-electron chi connectivity index (χ0n) is 15.2. The fraction of sp³-hybridized carbons (Fsp3) is 0.238. The van der Waals surface area contributed by atoms with Gasteiger partial charge in [-0.3, -0.25) is 9.36 Å². The quantitative estimate of drug-likeness (QED) is 0.714. The Balaban J connectivity index is 1.67. The van der Waals surface area contributed by atoms with Crippen molar-refractivity contribution in [3.8, 4) is 5.69 Å². The smallest absolute Gasteiger partial charge is 0.269 e. The Bertz CT molecular complexity index is 827.